The molecule has 0 bridgehead atoms. The molecule has 1 aliphatic carbocycles. The van der Waals surface area contributed by atoms with E-state index in [0.717, 1.165) is 42.2 Å². The van der Waals surface area contributed by atoms with E-state index in [1.165, 1.54) is 12.1 Å². The summed E-state index contributed by atoms with van der Waals surface area (Å²) < 4.78 is 5.76. The van der Waals surface area contributed by atoms with E-state index in [1.807, 2.05) is 12.1 Å². The zero-order chi connectivity index (χ0) is 18.7. The van der Waals surface area contributed by atoms with Crippen molar-refractivity contribution in [2.24, 2.45) is 5.14 Å². The third kappa shape index (κ3) is 3.56. The van der Waals surface area contributed by atoms with Crippen molar-refractivity contribution < 1.29 is 14.5 Å². The van der Waals surface area contributed by atoms with Gasteiger partial charge in [0.25, 0.3) is 0 Å². The van der Waals surface area contributed by atoms with Crippen LogP contribution in [0.2, 0.25) is 5.02 Å². The standard InChI is InChI=1S/C18H17ClN2O4S/c19-13-3-5-15-12(8-13)2-1-7-18(15,10-22)11-25-17-6-4-14(26-20)9-16(17)21(23)24/h3-6,8-10H,1-2,7,11,20H2. The Bertz CT molecular complexity index is 861. The Morgan fingerprint density at radius 1 is 1.35 bits per heavy atom. The van der Waals surface area contributed by atoms with Gasteiger partial charge in [-0.2, -0.15) is 0 Å². The number of nitro groups is 1. The normalized spacial score (nSPS) is 18.8. The van der Waals surface area contributed by atoms with Crippen molar-refractivity contribution in [1.82, 2.24) is 0 Å². The Labute approximate surface area is 160 Å². The van der Waals surface area contributed by atoms with Gasteiger partial charge in [-0.15, -0.1) is 0 Å². The lowest BCUT2D eigenvalue weighted by Crippen LogP contribution is -2.38. The largest absolute Gasteiger partial charge is 0.485 e. The molecule has 0 spiro atoms. The number of halogens is 1. The summed E-state index contributed by atoms with van der Waals surface area (Å²) in [5.74, 6) is 0.120. The number of hydrogen-bond donors (Lipinski definition) is 1. The molecule has 2 aromatic rings. The number of rotatable bonds is 6. The van der Waals surface area contributed by atoms with Crippen LogP contribution in [0.1, 0.15) is 24.0 Å². The second-order valence-electron chi connectivity index (χ2n) is 6.22. The van der Waals surface area contributed by atoms with E-state index in [-0.39, 0.29) is 18.0 Å². The summed E-state index contributed by atoms with van der Waals surface area (Å²) in [5.41, 5.74) is 0.880. The van der Waals surface area contributed by atoms with Crippen LogP contribution in [-0.2, 0) is 16.6 Å². The van der Waals surface area contributed by atoms with Crippen molar-refractivity contribution in [3.05, 3.63) is 62.7 Å². The smallest absolute Gasteiger partial charge is 0.312 e. The minimum atomic E-state index is -0.840. The molecule has 0 radical (unpaired) electrons. The highest BCUT2D eigenvalue weighted by Gasteiger charge is 2.38. The van der Waals surface area contributed by atoms with Crippen molar-refractivity contribution in [1.29, 1.82) is 0 Å². The van der Waals surface area contributed by atoms with E-state index in [4.69, 9.17) is 21.5 Å². The lowest BCUT2D eigenvalue weighted by Gasteiger charge is -2.34. The van der Waals surface area contributed by atoms with Gasteiger partial charge in [0.2, 0.25) is 0 Å². The molecule has 2 aromatic carbocycles. The third-order valence-corrected chi connectivity index (χ3v) is 5.41. The molecule has 3 rings (SSSR count). The lowest BCUT2D eigenvalue weighted by molar-refractivity contribution is -0.386. The molecule has 1 atom stereocenters. The fourth-order valence-electron chi connectivity index (χ4n) is 3.33. The first-order chi connectivity index (χ1) is 12.5. The van der Waals surface area contributed by atoms with Gasteiger partial charge in [-0.05, 0) is 66.6 Å². The number of carbonyl (C=O) groups is 1. The van der Waals surface area contributed by atoms with Gasteiger partial charge in [-0.3, -0.25) is 15.3 Å². The van der Waals surface area contributed by atoms with Crippen molar-refractivity contribution in [3.8, 4) is 5.75 Å². The first kappa shape index (κ1) is 18.7. The van der Waals surface area contributed by atoms with Crippen LogP contribution in [0.5, 0.6) is 5.75 Å². The molecule has 0 heterocycles. The Morgan fingerprint density at radius 3 is 2.85 bits per heavy atom. The molecule has 8 heteroatoms. The first-order valence-corrected chi connectivity index (χ1v) is 9.28. The Morgan fingerprint density at radius 2 is 2.15 bits per heavy atom. The van der Waals surface area contributed by atoms with Crippen LogP contribution in [0.25, 0.3) is 0 Å². The number of nitro benzene ring substituents is 1. The molecule has 0 saturated carbocycles. The van der Waals surface area contributed by atoms with Gasteiger partial charge in [-0.1, -0.05) is 17.7 Å². The van der Waals surface area contributed by atoms with Gasteiger partial charge in [0.15, 0.2) is 5.75 Å². The molecule has 1 aliphatic rings. The fourth-order valence-corrected chi connectivity index (χ4v) is 3.85. The van der Waals surface area contributed by atoms with Gasteiger partial charge in [-0.25, -0.2) is 0 Å². The van der Waals surface area contributed by atoms with Crippen LogP contribution in [0.4, 0.5) is 5.69 Å². The van der Waals surface area contributed by atoms with Crippen molar-refractivity contribution in [3.63, 3.8) is 0 Å². The number of nitrogens with zero attached hydrogens (tertiary/aromatic N) is 1. The molecule has 0 aromatic heterocycles. The number of hydrogen-bond acceptors (Lipinski definition) is 6. The number of benzene rings is 2. The van der Waals surface area contributed by atoms with Crippen LogP contribution in [0, 0.1) is 10.1 Å². The molecule has 0 fully saturated rings. The van der Waals surface area contributed by atoms with E-state index in [2.05, 4.69) is 0 Å². The number of aryl methyl sites for hydroxylation is 1. The van der Waals surface area contributed by atoms with Crippen LogP contribution in [-0.4, -0.2) is 17.8 Å². The highest BCUT2D eigenvalue weighted by atomic mass is 35.5. The zero-order valence-electron chi connectivity index (χ0n) is 13.8. The van der Waals surface area contributed by atoms with Gasteiger partial charge in [0, 0.05) is 16.0 Å². The molecule has 136 valence electrons. The zero-order valence-corrected chi connectivity index (χ0v) is 15.4. The molecular weight excluding hydrogens is 376 g/mol. The van der Waals surface area contributed by atoms with Crippen molar-refractivity contribution in [2.75, 3.05) is 6.61 Å². The summed E-state index contributed by atoms with van der Waals surface area (Å²) in [6, 6.07) is 9.98. The number of fused-ring (bicyclic) bond motifs is 1. The molecule has 1 unspecified atom stereocenters. The lowest BCUT2D eigenvalue weighted by atomic mass is 9.71. The summed E-state index contributed by atoms with van der Waals surface area (Å²) in [5, 5.41) is 17.4. The molecule has 0 saturated heterocycles. The van der Waals surface area contributed by atoms with Crippen LogP contribution in [0.3, 0.4) is 0 Å². The number of aldehydes is 1. The van der Waals surface area contributed by atoms with Crippen molar-refractivity contribution >= 4 is 35.5 Å². The number of ether oxygens (including phenoxy) is 1. The third-order valence-electron chi connectivity index (χ3n) is 4.65. The van der Waals surface area contributed by atoms with E-state index < -0.39 is 10.3 Å². The maximum Gasteiger partial charge on any atom is 0.312 e. The maximum absolute atomic E-state index is 12.0. The Kier molecular flexibility index (Phi) is 5.50. The molecule has 6 nitrogen and oxygen atoms in total. The molecule has 0 aliphatic heterocycles. The van der Waals surface area contributed by atoms with Gasteiger partial charge < -0.3 is 9.53 Å². The second-order valence-corrected chi connectivity index (χ2v) is 7.37. The summed E-state index contributed by atoms with van der Waals surface area (Å²) in [6.07, 6.45) is 3.17. The summed E-state index contributed by atoms with van der Waals surface area (Å²) in [6.45, 7) is 0.0289. The predicted molar refractivity (Wildman–Crippen MR) is 101 cm³/mol. The van der Waals surface area contributed by atoms with Crippen LogP contribution in [0.15, 0.2) is 41.3 Å². The fraction of sp³-hybridized carbons (Fsp3) is 0.278. The minimum Gasteiger partial charge on any atom is -0.485 e. The second kappa shape index (κ2) is 7.65. The van der Waals surface area contributed by atoms with Gasteiger partial charge >= 0.3 is 5.69 Å². The number of nitrogens with two attached hydrogens (primary N) is 1. The highest BCUT2D eigenvalue weighted by Crippen LogP contribution is 2.39. The minimum absolute atomic E-state index is 0.0289. The Balaban J connectivity index is 1.92. The van der Waals surface area contributed by atoms with E-state index in [1.54, 1.807) is 12.1 Å². The SMILES string of the molecule is NSc1ccc(OCC2(C=O)CCCc3cc(Cl)ccc32)c([N+](=O)[O-])c1. The average molecular weight is 393 g/mol. The first-order valence-electron chi connectivity index (χ1n) is 8.02. The summed E-state index contributed by atoms with van der Waals surface area (Å²) in [7, 11) is 0. The molecule has 26 heavy (non-hydrogen) atoms. The maximum atomic E-state index is 12.0. The average Bonchev–Trinajstić information content (AvgIpc) is 2.65. The number of carbonyl (C=O) groups excluding carboxylic acids is 1. The quantitative estimate of drug-likeness (QED) is 0.344. The topological polar surface area (TPSA) is 95.5 Å². The van der Waals surface area contributed by atoms with E-state index in [9.17, 15) is 14.9 Å². The van der Waals surface area contributed by atoms with Crippen molar-refractivity contribution in [2.45, 2.75) is 29.6 Å². The monoisotopic (exact) mass is 392 g/mol. The van der Waals surface area contributed by atoms with Crippen LogP contribution >= 0.6 is 23.5 Å². The Hall–Kier alpha value is -2.09. The molecule has 2 N–H and O–H groups in total. The van der Waals surface area contributed by atoms with E-state index in [0.29, 0.717) is 16.3 Å². The van der Waals surface area contributed by atoms with Crippen LogP contribution < -0.4 is 9.88 Å². The van der Waals surface area contributed by atoms with E-state index >= 15 is 0 Å². The highest BCUT2D eigenvalue weighted by molar-refractivity contribution is 7.97. The summed E-state index contributed by atoms with van der Waals surface area (Å²) >= 11 is 6.99. The molecular formula is C18H17ClN2O4S. The van der Waals surface area contributed by atoms with Gasteiger partial charge in [0.05, 0.1) is 10.3 Å². The van der Waals surface area contributed by atoms with Gasteiger partial charge in [0.1, 0.15) is 12.9 Å². The summed E-state index contributed by atoms with van der Waals surface area (Å²) in [4.78, 5) is 23.4. The predicted octanol–water partition coefficient (Wildman–Crippen LogP) is 4.07. The molecule has 0 amide bonds.